The standard InChI is InChI=1S/C16H21N3O/c1-16(2,3)15(20)17-10-9-13-11-18-19(12-13)14-7-5-4-6-8-14/h4-8,11-12H,9-10H2,1-3H3,(H,17,20). The summed E-state index contributed by atoms with van der Waals surface area (Å²) in [4.78, 5) is 11.7. The van der Waals surface area contributed by atoms with E-state index in [-0.39, 0.29) is 11.3 Å². The minimum atomic E-state index is -0.339. The number of hydrogen-bond donors (Lipinski definition) is 1. The lowest BCUT2D eigenvalue weighted by Crippen LogP contribution is -2.35. The molecule has 4 heteroatoms. The van der Waals surface area contributed by atoms with Crippen LogP contribution in [0.4, 0.5) is 0 Å². The molecule has 0 saturated carbocycles. The molecule has 0 bridgehead atoms. The number of hydrogen-bond acceptors (Lipinski definition) is 2. The molecule has 2 rings (SSSR count). The molecule has 1 aromatic heterocycles. The molecule has 20 heavy (non-hydrogen) atoms. The van der Waals surface area contributed by atoms with Crippen LogP contribution in [-0.4, -0.2) is 22.2 Å². The molecular formula is C16H21N3O. The Bertz CT molecular complexity index is 567. The van der Waals surface area contributed by atoms with Crippen molar-refractivity contribution in [1.29, 1.82) is 0 Å². The van der Waals surface area contributed by atoms with E-state index >= 15 is 0 Å². The number of para-hydroxylation sites is 1. The number of carbonyl (C=O) groups is 1. The molecule has 1 heterocycles. The smallest absolute Gasteiger partial charge is 0.225 e. The fourth-order valence-electron chi connectivity index (χ4n) is 1.80. The van der Waals surface area contributed by atoms with E-state index in [1.165, 1.54) is 0 Å². The first-order valence-electron chi connectivity index (χ1n) is 6.84. The molecule has 1 aromatic carbocycles. The van der Waals surface area contributed by atoms with Gasteiger partial charge < -0.3 is 5.32 Å². The minimum absolute atomic E-state index is 0.0768. The quantitative estimate of drug-likeness (QED) is 0.929. The second-order valence-corrected chi connectivity index (χ2v) is 5.88. The average molecular weight is 271 g/mol. The molecule has 0 atom stereocenters. The van der Waals surface area contributed by atoms with Gasteiger partial charge in [-0.2, -0.15) is 5.10 Å². The molecule has 0 fully saturated rings. The number of benzene rings is 1. The highest BCUT2D eigenvalue weighted by Gasteiger charge is 2.20. The summed E-state index contributed by atoms with van der Waals surface area (Å²) < 4.78 is 1.85. The first kappa shape index (κ1) is 14.3. The molecule has 0 aliphatic rings. The Labute approximate surface area is 119 Å². The summed E-state index contributed by atoms with van der Waals surface area (Å²) in [5, 5.41) is 7.28. The van der Waals surface area contributed by atoms with Gasteiger partial charge in [-0.15, -0.1) is 0 Å². The number of nitrogens with zero attached hydrogens (tertiary/aromatic N) is 2. The second kappa shape index (κ2) is 5.90. The van der Waals surface area contributed by atoms with Gasteiger partial charge in [0.15, 0.2) is 0 Å². The highest BCUT2D eigenvalue weighted by Crippen LogP contribution is 2.12. The summed E-state index contributed by atoms with van der Waals surface area (Å²) >= 11 is 0. The van der Waals surface area contributed by atoms with Gasteiger partial charge in [0.25, 0.3) is 0 Å². The van der Waals surface area contributed by atoms with Gasteiger partial charge in [0.2, 0.25) is 5.91 Å². The van der Waals surface area contributed by atoms with Crippen molar-refractivity contribution in [2.45, 2.75) is 27.2 Å². The lowest BCUT2D eigenvalue weighted by atomic mass is 9.96. The van der Waals surface area contributed by atoms with Gasteiger partial charge in [-0.1, -0.05) is 39.0 Å². The first-order chi connectivity index (χ1) is 9.47. The maximum atomic E-state index is 11.7. The monoisotopic (exact) mass is 271 g/mol. The molecule has 0 saturated heterocycles. The maximum Gasteiger partial charge on any atom is 0.225 e. The van der Waals surface area contributed by atoms with E-state index in [1.807, 2.05) is 68.2 Å². The van der Waals surface area contributed by atoms with E-state index in [0.29, 0.717) is 6.54 Å². The van der Waals surface area contributed by atoms with Gasteiger partial charge >= 0.3 is 0 Å². The van der Waals surface area contributed by atoms with E-state index in [1.54, 1.807) is 0 Å². The van der Waals surface area contributed by atoms with E-state index in [4.69, 9.17) is 0 Å². The topological polar surface area (TPSA) is 46.9 Å². The molecule has 4 nitrogen and oxygen atoms in total. The zero-order valence-electron chi connectivity index (χ0n) is 12.3. The van der Waals surface area contributed by atoms with Crippen molar-refractivity contribution in [3.8, 4) is 5.69 Å². The number of nitrogens with one attached hydrogen (secondary N) is 1. The summed E-state index contributed by atoms with van der Waals surface area (Å²) in [7, 11) is 0. The fraction of sp³-hybridized carbons (Fsp3) is 0.375. The van der Waals surface area contributed by atoms with Gasteiger partial charge in [-0.3, -0.25) is 4.79 Å². The Morgan fingerprint density at radius 2 is 1.95 bits per heavy atom. The van der Waals surface area contributed by atoms with Crippen LogP contribution in [0.25, 0.3) is 5.69 Å². The summed E-state index contributed by atoms with van der Waals surface area (Å²) in [6, 6.07) is 9.98. The van der Waals surface area contributed by atoms with Gasteiger partial charge in [-0.05, 0) is 24.1 Å². The van der Waals surface area contributed by atoms with Crippen molar-refractivity contribution in [2.24, 2.45) is 5.41 Å². The van der Waals surface area contributed by atoms with Crippen molar-refractivity contribution in [3.63, 3.8) is 0 Å². The van der Waals surface area contributed by atoms with Crippen molar-refractivity contribution >= 4 is 5.91 Å². The molecule has 0 radical (unpaired) electrons. The Morgan fingerprint density at radius 1 is 1.25 bits per heavy atom. The number of carbonyl (C=O) groups excluding carboxylic acids is 1. The molecule has 0 unspecified atom stereocenters. The van der Waals surface area contributed by atoms with Gasteiger partial charge in [0.05, 0.1) is 11.9 Å². The normalized spacial score (nSPS) is 11.3. The zero-order chi connectivity index (χ0) is 14.6. The number of amides is 1. The molecule has 0 spiro atoms. The van der Waals surface area contributed by atoms with Crippen molar-refractivity contribution in [3.05, 3.63) is 48.3 Å². The lowest BCUT2D eigenvalue weighted by molar-refractivity contribution is -0.128. The molecular weight excluding hydrogens is 250 g/mol. The van der Waals surface area contributed by atoms with Gasteiger partial charge in [-0.25, -0.2) is 4.68 Å². The van der Waals surface area contributed by atoms with Crippen LogP contribution < -0.4 is 5.32 Å². The van der Waals surface area contributed by atoms with Crippen molar-refractivity contribution in [1.82, 2.24) is 15.1 Å². The van der Waals surface area contributed by atoms with Gasteiger partial charge in [0, 0.05) is 18.2 Å². The lowest BCUT2D eigenvalue weighted by Gasteiger charge is -2.17. The Balaban J connectivity index is 1.90. The van der Waals surface area contributed by atoms with Crippen LogP contribution in [0.15, 0.2) is 42.7 Å². The van der Waals surface area contributed by atoms with E-state index in [2.05, 4.69) is 10.4 Å². The maximum absolute atomic E-state index is 11.7. The summed E-state index contributed by atoms with van der Waals surface area (Å²) in [6.07, 6.45) is 4.63. The van der Waals surface area contributed by atoms with Crippen molar-refractivity contribution in [2.75, 3.05) is 6.54 Å². The minimum Gasteiger partial charge on any atom is -0.355 e. The first-order valence-corrected chi connectivity index (χ1v) is 6.84. The predicted octanol–water partition coefficient (Wildman–Crippen LogP) is 2.58. The summed E-state index contributed by atoms with van der Waals surface area (Å²) in [5.74, 6) is 0.0768. The zero-order valence-corrected chi connectivity index (χ0v) is 12.3. The molecule has 1 N–H and O–H groups in total. The molecule has 2 aromatic rings. The highest BCUT2D eigenvalue weighted by molar-refractivity contribution is 5.81. The SMILES string of the molecule is CC(C)(C)C(=O)NCCc1cnn(-c2ccccc2)c1. The summed E-state index contributed by atoms with van der Waals surface area (Å²) in [6.45, 7) is 6.37. The number of aromatic nitrogens is 2. The fourth-order valence-corrected chi connectivity index (χ4v) is 1.80. The molecule has 0 aliphatic heterocycles. The van der Waals surface area contributed by atoms with Crippen LogP contribution in [-0.2, 0) is 11.2 Å². The third-order valence-corrected chi connectivity index (χ3v) is 3.04. The van der Waals surface area contributed by atoms with E-state index < -0.39 is 0 Å². The van der Waals surface area contributed by atoms with Crippen molar-refractivity contribution < 1.29 is 4.79 Å². The Kier molecular flexibility index (Phi) is 4.23. The third kappa shape index (κ3) is 3.70. The predicted molar refractivity (Wildman–Crippen MR) is 79.7 cm³/mol. The van der Waals surface area contributed by atoms with Gasteiger partial charge in [0.1, 0.15) is 0 Å². The Morgan fingerprint density at radius 3 is 2.60 bits per heavy atom. The van der Waals surface area contributed by atoms with Crippen LogP contribution in [0.3, 0.4) is 0 Å². The highest BCUT2D eigenvalue weighted by atomic mass is 16.2. The van der Waals surface area contributed by atoms with Crippen LogP contribution in [0.2, 0.25) is 0 Å². The van der Waals surface area contributed by atoms with Crippen LogP contribution in [0, 0.1) is 5.41 Å². The average Bonchev–Trinajstić information content (AvgIpc) is 2.87. The van der Waals surface area contributed by atoms with Crippen LogP contribution in [0.5, 0.6) is 0 Å². The van der Waals surface area contributed by atoms with Crippen LogP contribution in [0.1, 0.15) is 26.3 Å². The molecule has 106 valence electrons. The third-order valence-electron chi connectivity index (χ3n) is 3.04. The summed E-state index contributed by atoms with van der Waals surface area (Å²) in [5.41, 5.74) is 1.81. The largest absolute Gasteiger partial charge is 0.355 e. The molecule has 0 aliphatic carbocycles. The Hall–Kier alpha value is -2.10. The van der Waals surface area contributed by atoms with E-state index in [9.17, 15) is 4.79 Å². The van der Waals surface area contributed by atoms with Crippen LogP contribution >= 0.6 is 0 Å². The molecule has 1 amide bonds. The number of rotatable bonds is 4. The second-order valence-electron chi connectivity index (χ2n) is 5.88. The van der Waals surface area contributed by atoms with E-state index in [0.717, 1.165) is 17.7 Å².